The molecule has 2 N–H and O–H groups in total. The Kier molecular flexibility index (Phi) is 8.08. The molecule has 0 saturated heterocycles. The summed E-state index contributed by atoms with van der Waals surface area (Å²) in [5, 5.41) is 2.89. The van der Waals surface area contributed by atoms with Crippen LogP contribution in [-0.2, 0) is 27.9 Å². The number of aryl methyl sites for hydroxylation is 1. The number of nitrogens with one attached hydrogen (secondary N) is 2. The third-order valence-electron chi connectivity index (χ3n) is 5.13. The number of methoxy groups -OCH3 is 1. The quantitative estimate of drug-likeness (QED) is 0.463. The van der Waals surface area contributed by atoms with E-state index in [-0.39, 0.29) is 10.8 Å². The third kappa shape index (κ3) is 6.34. The third-order valence-corrected chi connectivity index (χ3v) is 6.50. The minimum atomic E-state index is -3.88. The van der Waals surface area contributed by atoms with Crippen LogP contribution in [0, 0.1) is 6.92 Å². The lowest BCUT2D eigenvalue weighted by molar-refractivity contribution is 0.0949. The van der Waals surface area contributed by atoms with Crippen molar-refractivity contribution in [1.82, 2.24) is 5.32 Å². The van der Waals surface area contributed by atoms with E-state index >= 15 is 0 Å². The number of rotatable bonds is 10. The van der Waals surface area contributed by atoms with Gasteiger partial charge in [0, 0.05) is 24.4 Å². The molecule has 0 spiro atoms. The Balaban J connectivity index is 1.76. The van der Waals surface area contributed by atoms with Crippen LogP contribution in [0.4, 0.5) is 5.69 Å². The topological polar surface area (TPSA) is 93.7 Å². The second-order valence-corrected chi connectivity index (χ2v) is 9.08. The van der Waals surface area contributed by atoms with E-state index in [1.165, 1.54) is 19.2 Å². The molecule has 0 aliphatic carbocycles. The van der Waals surface area contributed by atoms with Gasteiger partial charge in [-0.3, -0.25) is 9.52 Å². The Hall–Kier alpha value is -3.36. The second-order valence-electron chi connectivity index (χ2n) is 7.40. The van der Waals surface area contributed by atoms with Crippen LogP contribution in [0.1, 0.15) is 34.0 Å². The predicted molar refractivity (Wildman–Crippen MR) is 128 cm³/mol. The van der Waals surface area contributed by atoms with E-state index in [0.717, 1.165) is 11.1 Å². The number of ether oxygens (including phenoxy) is 2. The summed E-state index contributed by atoms with van der Waals surface area (Å²) in [7, 11) is -2.34. The molecule has 3 aromatic rings. The maximum Gasteiger partial charge on any atom is 0.261 e. The van der Waals surface area contributed by atoms with Gasteiger partial charge in [0.15, 0.2) is 0 Å². The van der Waals surface area contributed by atoms with E-state index in [9.17, 15) is 13.2 Å². The number of benzene rings is 3. The highest BCUT2D eigenvalue weighted by Crippen LogP contribution is 2.21. The maximum atomic E-state index is 12.9. The van der Waals surface area contributed by atoms with Crippen LogP contribution in [0.2, 0.25) is 0 Å². The number of amides is 1. The Labute approximate surface area is 194 Å². The van der Waals surface area contributed by atoms with E-state index in [1.807, 2.05) is 31.2 Å². The summed E-state index contributed by atoms with van der Waals surface area (Å²) >= 11 is 0. The van der Waals surface area contributed by atoms with Gasteiger partial charge in [-0.25, -0.2) is 8.42 Å². The van der Waals surface area contributed by atoms with Crippen molar-refractivity contribution in [2.75, 3.05) is 18.4 Å². The number of hydrogen-bond acceptors (Lipinski definition) is 5. The van der Waals surface area contributed by atoms with E-state index < -0.39 is 10.0 Å². The van der Waals surface area contributed by atoms with Crippen molar-refractivity contribution in [2.24, 2.45) is 0 Å². The first-order chi connectivity index (χ1) is 15.8. The van der Waals surface area contributed by atoms with Crippen molar-refractivity contribution >= 4 is 21.6 Å². The standard InChI is InChI=1S/C25H28N2O5S/c1-4-32-17-20-8-6-5-7-19(20)16-26-25(28)24-15-23(14-9-18(24)2)33(29,30)27-21-10-12-22(31-3)13-11-21/h5-15,27H,4,16-17H2,1-3H3,(H,26,28). The lowest BCUT2D eigenvalue weighted by Gasteiger charge is -2.13. The number of anilines is 1. The molecule has 0 aromatic heterocycles. The Morgan fingerprint density at radius 1 is 0.970 bits per heavy atom. The molecule has 0 heterocycles. The predicted octanol–water partition coefficient (Wildman–Crippen LogP) is 4.27. The zero-order valence-electron chi connectivity index (χ0n) is 18.9. The molecular weight excluding hydrogens is 440 g/mol. The molecule has 0 fully saturated rings. The molecule has 0 atom stereocenters. The SMILES string of the molecule is CCOCc1ccccc1CNC(=O)c1cc(S(=O)(=O)Nc2ccc(OC)cc2)ccc1C. The van der Waals surface area contributed by atoms with Gasteiger partial charge in [0.1, 0.15) is 5.75 Å². The van der Waals surface area contributed by atoms with Gasteiger partial charge < -0.3 is 14.8 Å². The summed E-state index contributed by atoms with van der Waals surface area (Å²) in [6.45, 7) is 5.07. The highest BCUT2D eigenvalue weighted by atomic mass is 32.2. The van der Waals surface area contributed by atoms with Gasteiger partial charge in [-0.05, 0) is 66.9 Å². The number of carbonyl (C=O) groups excluding carboxylic acids is 1. The molecule has 1 amide bonds. The minimum absolute atomic E-state index is 0.00538. The van der Waals surface area contributed by atoms with Crippen molar-refractivity contribution < 1.29 is 22.7 Å². The largest absolute Gasteiger partial charge is 0.497 e. The number of carbonyl (C=O) groups is 1. The first-order valence-electron chi connectivity index (χ1n) is 10.5. The van der Waals surface area contributed by atoms with Crippen molar-refractivity contribution in [2.45, 2.75) is 31.9 Å². The zero-order valence-corrected chi connectivity index (χ0v) is 19.7. The second kappa shape index (κ2) is 11.0. The van der Waals surface area contributed by atoms with Gasteiger partial charge in [-0.2, -0.15) is 0 Å². The summed E-state index contributed by atoms with van der Waals surface area (Å²) in [6, 6.07) is 18.8. The fourth-order valence-electron chi connectivity index (χ4n) is 3.24. The molecule has 0 aliphatic heterocycles. The summed E-state index contributed by atoms with van der Waals surface area (Å²) in [4.78, 5) is 12.9. The number of sulfonamides is 1. The van der Waals surface area contributed by atoms with E-state index in [0.29, 0.717) is 42.3 Å². The molecule has 8 heteroatoms. The Morgan fingerprint density at radius 3 is 2.33 bits per heavy atom. The van der Waals surface area contributed by atoms with E-state index in [4.69, 9.17) is 9.47 Å². The zero-order chi connectivity index (χ0) is 23.8. The molecule has 3 rings (SSSR count). The van der Waals surface area contributed by atoms with Crippen molar-refractivity contribution in [3.05, 3.63) is 89.0 Å². The van der Waals surface area contributed by atoms with Gasteiger partial charge in [-0.15, -0.1) is 0 Å². The first kappa shape index (κ1) is 24.3. The number of hydrogen-bond donors (Lipinski definition) is 2. The molecule has 0 aliphatic rings. The first-order valence-corrected chi connectivity index (χ1v) is 12.0. The van der Waals surface area contributed by atoms with Gasteiger partial charge >= 0.3 is 0 Å². The minimum Gasteiger partial charge on any atom is -0.497 e. The van der Waals surface area contributed by atoms with Crippen LogP contribution in [0.25, 0.3) is 0 Å². The Bertz CT molecular complexity index is 1210. The smallest absolute Gasteiger partial charge is 0.261 e. The average molecular weight is 469 g/mol. The van der Waals surface area contributed by atoms with Crippen LogP contribution in [0.5, 0.6) is 5.75 Å². The van der Waals surface area contributed by atoms with Gasteiger partial charge in [0.25, 0.3) is 15.9 Å². The fraction of sp³-hybridized carbons (Fsp3) is 0.240. The average Bonchev–Trinajstić information content (AvgIpc) is 2.82. The van der Waals surface area contributed by atoms with Crippen LogP contribution in [0.15, 0.2) is 71.6 Å². The fourth-order valence-corrected chi connectivity index (χ4v) is 4.32. The maximum absolute atomic E-state index is 12.9. The van der Waals surface area contributed by atoms with Crippen LogP contribution in [-0.4, -0.2) is 28.0 Å². The Morgan fingerprint density at radius 2 is 1.67 bits per heavy atom. The molecular formula is C25H28N2O5S. The van der Waals surface area contributed by atoms with Crippen molar-refractivity contribution in [1.29, 1.82) is 0 Å². The summed E-state index contributed by atoms with van der Waals surface area (Å²) < 4.78 is 38.9. The molecule has 0 unspecified atom stereocenters. The van der Waals surface area contributed by atoms with Gasteiger partial charge in [0.2, 0.25) is 0 Å². The van der Waals surface area contributed by atoms with Crippen LogP contribution < -0.4 is 14.8 Å². The lowest BCUT2D eigenvalue weighted by atomic mass is 10.1. The van der Waals surface area contributed by atoms with Crippen LogP contribution in [0.3, 0.4) is 0 Å². The monoisotopic (exact) mass is 468 g/mol. The van der Waals surface area contributed by atoms with E-state index in [2.05, 4.69) is 10.0 Å². The molecule has 0 radical (unpaired) electrons. The summed E-state index contributed by atoms with van der Waals surface area (Å²) in [5.74, 6) is 0.273. The highest BCUT2D eigenvalue weighted by molar-refractivity contribution is 7.92. The van der Waals surface area contributed by atoms with Crippen molar-refractivity contribution in [3.8, 4) is 5.75 Å². The van der Waals surface area contributed by atoms with Gasteiger partial charge in [0.05, 0.1) is 18.6 Å². The molecule has 0 saturated carbocycles. The van der Waals surface area contributed by atoms with Gasteiger partial charge in [-0.1, -0.05) is 30.3 Å². The molecule has 3 aromatic carbocycles. The lowest BCUT2D eigenvalue weighted by Crippen LogP contribution is -2.25. The van der Waals surface area contributed by atoms with Crippen molar-refractivity contribution in [3.63, 3.8) is 0 Å². The molecule has 7 nitrogen and oxygen atoms in total. The summed E-state index contributed by atoms with van der Waals surface area (Å²) in [5.41, 5.74) is 3.32. The van der Waals surface area contributed by atoms with E-state index in [1.54, 1.807) is 37.3 Å². The summed E-state index contributed by atoms with van der Waals surface area (Å²) in [6.07, 6.45) is 0. The molecule has 174 valence electrons. The molecule has 33 heavy (non-hydrogen) atoms. The molecule has 0 bridgehead atoms. The highest BCUT2D eigenvalue weighted by Gasteiger charge is 2.18. The normalized spacial score (nSPS) is 11.1. The van der Waals surface area contributed by atoms with Crippen LogP contribution >= 0.6 is 0 Å².